The van der Waals surface area contributed by atoms with Gasteiger partial charge >= 0.3 is 0 Å². The van der Waals surface area contributed by atoms with E-state index >= 15 is 0 Å². The van der Waals surface area contributed by atoms with Crippen LogP contribution in [0.3, 0.4) is 0 Å². The second-order valence-corrected chi connectivity index (χ2v) is 8.67. The lowest BCUT2D eigenvalue weighted by molar-refractivity contribution is -0.119. The lowest BCUT2D eigenvalue weighted by Gasteiger charge is -2.55. The fourth-order valence-corrected chi connectivity index (χ4v) is 6.99. The molecule has 0 radical (unpaired) electrons. The molecule has 0 bridgehead atoms. The van der Waals surface area contributed by atoms with Crippen molar-refractivity contribution in [2.45, 2.75) is 83.7 Å². The molecule has 21 heavy (non-hydrogen) atoms. The van der Waals surface area contributed by atoms with E-state index in [4.69, 9.17) is 0 Å². The van der Waals surface area contributed by atoms with Crippen LogP contribution in [0, 0.1) is 29.1 Å². The van der Waals surface area contributed by atoms with Crippen molar-refractivity contribution >= 4 is 0 Å². The molecular weight excluding hydrogens is 256 g/mol. The third-order valence-electron chi connectivity index (χ3n) is 8.28. The molecule has 4 aliphatic carbocycles. The molecule has 6 atom stereocenters. The van der Waals surface area contributed by atoms with Gasteiger partial charge < -0.3 is 5.11 Å². The van der Waals surface area contributed by atoms with Crippen molar-refractivity contribution in [1.82, 2.24) is 0 Å². The molecule has 1 nitrogen and oxygen atoms in total. The minimum atomic E-state index is -0.370. The molecule has 0 spiro atoms. The first-order valence-electron chi connectivity index (χ1n) is 9.50. The highest BCUT2D eigenvalue weighted by atomic mass is 16.3. The summed E-state index contributed by atoms with van der Waals surface area (Å²) in [5, 5.41) is 11.2. The van der Waals surface area contributed by atoms with Crippen LogP contribution in [0.4, 0.5) is 0 Å². The van der Waals surface area contributed by atoms with Gasteiger partial charge in [0.2, 0.25) is 0 Å². The Labute approximate surface area is 130 Å². The molecule has 0 heterocycles. The quantitative estimate of drug-likeness (QED) is 0.666. The zero-order valence-corrected chi connectivity index (χ0v) is 13.9. The average molecular weight is 288 g/mol. The maximum atomic E-state index is 11.2. The minimum absolute atomic E-state index is 0.207. The summed E-state index contributed by atoms with van der Waals surface area (Å²) in [7, 11) is 0. The van der Waals surface area contributed by atoms with Gasteiger partial charge in [0, 0.05) is 0 Å². The van der Waals surface area contributed by atoms with Crippen LogP contribution in [0.25, 0.3) is 0 Å². The molecule has 3 saturated carbocycles. The molecule has 0 aliphatic heterocycles. The summed E-state index contributed by atoms with van der Waals surface area (Å²) in [6, 6.07) is 0. The van der Waals surface area contributed by atoms with Crippen molar-refractivity contribution in [1.29, 1.82) is 0 Å². The van der Waals surface area contributed by atoms with Crippen molar-refractivity contribution in [3.8, 4) is 0 Å². The standard InChI is InChI=1S/C20H32O/c1-3-20(21)13-11-18-17-9-8-14-6-4-5-7-15(14)16(17)10-12-19(18,20)2/h6,15-18,21H,3-5,7-13H2,1-2H3/t15-,16+,17+,18+,19-,20-/m0/s1. The third-order valence-corrected chi connectivity index (χ3v) is 8.28. The van der Waals surface area contributed by atoms with Crippen molar-refractivity contribution < 1.29 is 5.11 Å². The van der Waals surface area contributed by atoms with Gasteiger partial charge in [-0.05, 0) is 93.3 Å². The summed E-state index contributed by atoms with van der Waals surface area (Å²) in [4.78, 5) is 0. The van der Waals surface area contributed by atoms with Crippen LogP contribution < -0.4 is 0 Å². The number of rotatable bonds is 1. The van der Waals surface area contributed by atoms with E-state index in [0.717, 1.165) is 36.5 Å². The van der Waals surface area contributed by atoms with Crippen LogP contribution in [0.5, 0.6) is 0 Å². The van der Waals surface area contributed by atoms with Crippen LogP contribution in [-0.2, 0) is 0 Å². The van der Waals surface area contributed by atoms with Gasteiger partial charge in [-0.1, -0.05) is 25.5 Å². The van der Waals surface area contributed by atoms with Gasteiger partial charge in [-0.25, -0.2) is 0 Å². The SMILES string of the molecule is CC[C@]1(O)CC[C@@H]2[C@@H]3CCC4=CCCC[C@@H]4[C@H]3CC[C@@]21C. The number of aliphatic hydroxyl groups is 1. The molecule has 4 rings (SSSR count). The normalized spacial score (nSPS) is 52.6. The Kier molecular flexibility index (Phi) is 3.30. The molecule has 1 heteroatoms. The first kappa shape index (κ1) is 14.3. The van der Waals surface area contributed by atoms with E-state index in [9.17, 15) is 5.11 Å². The summed E-state index contributed by atoms with van der Waals surface area (Å²) in [6.45, 7) is 4.62. The van der Waals surface area contributed by atoms with Crippen LogP contribution in [0.1, 0.15) is 78.1 Å². The van der Waals surface area contributed by atoms with Crippen LogP contribution in [-0.4, -0.2) is 10.7 Å². The fourth-order valence-electron chi connectivity index (χ4n) is 6.99. The van der Waals surface area contributed by atoms with Gasteiger partial charge in [0.05, 0.1) is 5.60 Å². The summed E-state index contributed by atoms with van der Waals surface area (Å²) in [5.41, 5.74) is 1.65. The molecular formula is C20H32O. The molecule has 0 aromatic rings. The number of hydrogen-bond donors (Lipinski definition) is 1. The summed E-state index contributed by atoms with van der Waals surface area (Å²) in [5.74, 6) is 3.56. The predicted molar refractivity (Wildman–Crippen MR) is 86.9 cm³/mol. The lowest BCUT2D eigenvalue weighted by atomic mass is 9.50. The third kappa shape index (κ3) is 1.85. The maximum Gasteiger partial charge on any atom is 0.0701 e. The zero-order valence-electron chi connectivity index (χ0n) is 13.9. The highest BCUT2D eigenvalue weighted by Gasteiger charge is 2.61. The molecule has 4 aliphatic rings. The Morgan fingerprint density at radius 2 is 2.00 bits per heavy atom. The number of hydrogen-bond acceptors (Lipinski definition) is 1. The first-order chi connectivity index (χ1) is 10.1. The molecule has 0 saturated heterocycles. The number of fused-ring (bicyclic) bond motifs is 5. The lowest BCUT2D eigenvalue weighted by Crippen LogP contribution is -2.52. The monoisotopic (exact) mass is 288 g/mol. The van der Waals surface area contributed by atoms with Gasteiger partial charge in [0.25, 0.3) is 0 Å². The Balaban J connectivity index is 1.64. The van der Waals surface area contributed by atoms with Crippen LogP contribution in [0.15, 0.2) is 11.6 Å². The molecule has 118 valence electrons. The van der Waals surface area contributed by atoms with E-state index in [1.165, 1.54) is 51.4 Å². The smallest absolute Gasteiger partial charge is 0.0701 e. The van der Waals surface area contributed by atoms with Crippen LogP contribution in [0.2, 0.25) is 0 Å². The van der Waals surface area contributed by atoms with Gasteiger partial charge in [-0.15, -0.1) is 0 Å². The predicted octanol–water partition coefficient (Wildman–Crippen LogP) is 5.09. The second kappa shape index (κ2) is 4.85. The second-order valence-electron chi connectivity index (χ2n) is 8.67. The first-order valence-corrected chi connectivity index (χ1v) is 9.50. The number of allylic oxidation sites excluding steroid dienone is 2. The van der Waals surface area contributed by atoms with Crippen molar-refractivity contribution in [3.63, 3.8) is 0 Å². The Morgan fingerprint density at radius 3 is 2.81 bits per heavy atom. The molecule has 3 fully saturated rings. The molecule has 0 amide bonds. The molecule has 0 aromatic carbocycles. The zero-order chi connectivity index (χ0) is 14.7. The maximum absolute atomic E-state index is 11.2. The Morgan fingerprint density at radius 1 is 1.14 bits per heavy atom. The Hall–Kier alpha value is -0.300. The van der Waals surface area contributed by atoms with E-state index in [2.05, 4.69) is 19.9 Å². The van der Waals surface area contributed by atoms with E-state index < -0.39 is 0 Å². The van der Waals surface area contributed by atoms with Gasteiger partial charge in [-0.3, -0.25) is 0 Å². The van der Waals surface area contributed by atoms with Crippen molar-refractivity contribution in [2.24, 2.45) is 29.1 Å². The minimum Gasteiger partial charge on any atom is -0.389 e. The van der Waals surface area contributed by atoms with E-state index in [1.54, 1.807) is 0 Å². The largest absolute Gasteiger partial charge is 0.389 e. The summed E-state index contributed by atoms with van der Waals surface area (Å²) < 4.78 is 0. The van der Waals surface area contributed by atoms with Gasteiger partial charge in [0.15, 0.2) is 0 Å². The summed E-state index contributed by atoms with van der Waals surface area (Å²) >= 11 is 0. The average Bonchev–Trinajstić information content (AvgIpc) is 2.79. The van der Waals surface area contributed by atoms with E-state index in [0.29, 0.717) is 0 Å². The van der Waals surface area contributed by atoms with Crippen LogP contribution >= 0.6 is 0 Å². The van der Waals surface area contributed by atoms with E-state index in [-0.39, 0.29) is 11.0 Å². The van der Waals surface area contributed by atoms with Gasteiger partial charge in [-0.2, -0.15) is 0 Å². The summed E-state index contributed by atoms with van der Waals surface area (Å²) in [6.07, 6.45) is 15.5. The molecule has 0 unspecified atom stereocenters. The Bertz CT molecular complexity index is 453. The van der Waals surface area contributed by atoms with Gasteiger partial charge in [0.1, 0.15) is 0 Å². The van der Waals surface area contributed by atoms with Crippen molar-refractivity contribution in [2.75, 3.05) is 0 Å². The highest BCUT2D eigenvalue weighted by Crippen LogP contribution is 2.65. The van der Waals surface area contributed by atoms with E-state index in [1.807, 2.05) is 5.57 Å². The molecule has 1 N–H and O–H groups in total. The molecule has 0 aromatic heterocycles. The van der Waals surface area contributed by atoms with Crippen molar-refractivity contribution in [3.05, 3.63) is 11.6 Å². The fraction of sp³-hybridized carbons (Fsp3) is 0.900. The highest BCUT2D eigenvalue weighted by molar-refractivity contribution is 5.19. The topological polar surface area (TPSA) is 20.2 Å².